The summed E-state index contributed by atoms with van der Waals surface area (Å²) in [4.78, 5) is 12.8. The lowest BCUT2D eigenvalue weighted by Gasteiger charge is -2.16. The zero-order valence-corrected chi connectivity index (χ0v) is 23.6. The molecule has 1 atom stereocenters. The van der Waals surface area contributed by atoms with Crippen LogP contribution in [0, 0.1) is 17.6 Å². The molecule has 1 unspecified atom stereocenters. The molecule has 0 aliphatic heterocycles. The first kappa shape index (κ1) is 29.9. The number of aromatic nitrogens is 2. The number of hydrogen-bond acceptors (Lipinski definition) is 5. The van der Waals surface area contributed by atoms with Crippen LogP contribution in [0.4, 0.5) is 8.78 Å². The molecular formula is C33H37F2N3O3. The molecule has 8 heteroatoms. The minimum atomic E-state index is -0.636. The number of hydrogen-bond donors (Lipinski definition) is 2. The Kier molecular flexibility index (Phi) is 10.2. The van der Waals surface area contributed by atoms with E-state index in [-0.39, 0.29) is 11.5 Å². The Bertz CT molecular complexity index is 1480. The minimum Gasteiger partial charge on any atom is -0.506 e. The highest BCUT2D eigenvalue weighted by molar-refractivity contribution is 5.96. The highest BCUT2D eigenvalue weighted by Crippen LogP contribution is 2.32. The van der Waals surface area contributed by atoms with Gasteiger partial charge in [-0.15, -0.1) is 0 Å². The van der Waals surface area contributed by atoms with Crippen LogP contribution in [0.3, 0.4) is 0 Å². The molecule has 0 fully saturated rings. The van der Waals surface area contributed by atoms with Gasteiger partial charge in [0.05, 0.1) is 17.5 Å². The molecule has 0 bridgehead atoms. The third-order valence-corrected chi connectivity index (χ3v) is 7.24. The van der Waals surface area contributed by atoms with Crippen molar-refractivity contribution in [3.05, 3.63) is 90.1 Å². The number of aromatic hydroxyl groups is 1. The van der Waals surface area contributed by atoms with E-state index in [1.165, 1.54) is 12.1 Å². The summed E-state index contributed by atoms with van der Waals surface area (Å²) >= 11 is 0. The maximum atomic E-state index is 13.6. The number of nitrogens with zero attached hydrogens (tertiary/aromatic N) is 2. The Hall–Kier alpha value is -4.04. The van der Waals surface area contributed by atoms with Crippen LogP contribution >= 0.6 is 0 Å². The second-order valence-corrected chi connectivity index (χ2v) is 10.3. The van der Waals surface area contributed by atoms with Crippen LogP contribution in [0.1, 0.15) is 54.9 Å². The fourth-order valence-corrected chi connectivity index (χ4v) is 5.13. The standard InChI is InChI=1S/C33H37F2N3O3/c1-4-6-23(20-38-21-30-31(37-38)14-13-29(33(30)40)22(2)36-15-16-41-3)7-5-8-32(39)25-11-9-24(10-12-25)26-17-27(34)19-28(35)18-26/h9-14,17-19,21,23,36,40H,2,4-8,15-16,20H2,1,3H3. The third-order valence-electron chi connectivity index (χ3n) is 7.24. The summed E-state index contributed by atoms with van der Waals surface area (Å²) in [6.07, 6.45) is 5.91. The number of benzene rings is 3. The quantitative estimate of drug-likeness (QED) is 0.117. The van der Waals surface area contributed by atoms with Crippen molar-refractivity contribution < 1.29 is 23.4 Å². The number of fused-ring (bicyclic) bond motifs is 1. The Morgan fingerprint density at radius 2 is 1.80 bits per heavy atom. The average molecular weight is 562 g/mol. The van der Waals surface area contributed by atoms with Crippen LogP contribution in [0.5, 0.6) is 5.75 Å². The van der Waals surface area contributed by atoms with Crippen molar-refractivity contribution in [2.24, 2.45) is 5.92 Å². The number of methoxy groups -OCH3 is 1. The number of halogens is 2. The zero-order chi connectivity index (χ0) is 29.4. The fraction of sp³-hybridized carbons (Fsp3) is 0.333. The smallest absolute Gasteiger partial charge is 0.162 e. The second kappa shape index (κ2) is 14.0. The molecule has 1 aromatic heterocycles. The number of carbonyl (C=O) groups excluding carboxylic acids is 1. The van der Waals surface area contributed by atoms with Gasteiger partial charge in [0.2, 0.25) is 0 Å². The predicted molar refractivity (Wildman–Crippen MR) is 159 cm³/mol. The largest absolute Gasteiger partial charge is 0.506 e. The summed E-state index contributed by atoms with van der Waals surface area (Å²) in [5.41, 5.74) is 3.64. The Labute approximate surface area is 239 Å². The number of ketones is 1. The molecule has 0 aliphatic carbocycles. The Morgan fingerprint density at radius 1 is 1.07 bits per heavy atom. The summed E-state index contributed by atoms with van der Waals surface area (Å²) < 4.78 is 34.1. The van der Waals surface area contributed by atoms with E-state index in [1.807, 2.05) is 23.0 Å². The second-order valence-electron chi connectivity index (χ2n) is 10.3. The van der Waals surface area contributed by atoms with Gasteiger partial charge < -0.3 is 15.2 Å². The van der Waals surface area contributed by atoms with Gasteiger partial charge in [-0.05, 0) is 60.6 Å². The normalized spacial score (nSPS) is 12.0. The van der Waals surface area contributed by atoms with Crippen LogP contribution in [-0.4, -0.2) is 40.9 Å². The summed E-state index contributed by atoms with van der Waals surface area (Å²) in [7, 11) is 1.63. The fourth-order valence-electron chi connectivity index (χ4n) is 5.13. The van der Waals surface area contributed by atoms with E-state index < -0.39 is 11.6 Å². The van der Waals surface area contributed by atoms with Gasteiger partial charge in [-0.3, -0.25) is 9.48 Å². The van der Waals surface area contributed by atoms with Gasteiger partial charge in [-0.1, -0.05) is 44.2 Å². The predicted octanol–water partition coefficient (Wildman–Crippen LogP) is 7.36. The van der Waals surface area contributed by atoms with Gasteiger partial charge >= 0.3 is 0 Å². The lowest BCUT2D eigenvalue weighted by Crippen LogP contribution is -2.17. The van der Waals surface area contributed by atoms with E-state index >= 15 is 0 Å². The maximum absolute atomic E-state index is 13.6. The minimum absolute atomic E-state index is 0.0406. The third kappa shape index (κ3) is 7.79. The molecule has 3 aromatic carbocycles. The molecule has 41 heavy (non-hydrogen) atoms. The first-order valence-corrected chi connectivity index (χ1v) is 14.0. The van der Waals surface area contributed by atoms with E-state index in [2.05, 4.69) is 23.9 Å². The average Bonchev–Trinajstić information content (AvgIpc) is 3.36. The number of ether oxygens (including phenoxy) is 1. The van der Waals surface area contributed by atoms with Gasteiger partial charge in [-0.2, -0.15) is 5.10 Å². The number of phenolic OH excluding ortho intramolecular Hbond substituents is 1. The van der Waals surface area contributed by atoms with E-state index in [0.717, 1.165) is 31.7 Å². The zero-order valence-electron chi connectivity index (χ0n) is 23.6. The van der Waals surface area contributed by atoms with Gasteiger partial charge in [0.25, 0.3) is 0 Å². The first-order valence-electron chi connectivity index (χ1n) is 14.0. The molecule has 4 rings (SSSR count). The molecule has 4 aromatic rings. The maximum Gasteiger partial charge on any atom is 0.162 e. The van der Waals surface area contributed by atoms with Gasteiger partial charge in [0.15, 0.2) is 5.78 Å². The van der Waals surface area contributed by atoms with Crippen molar-refractivity contribution in [3.63, 3.8) is 0 Å². The highest BCUT2D eigenvalue weighted by atomic mass is 19.1. The van der Waals surface area contributed by atoms with Crippen LogP contribution in [0.25, 0.3) is 27.7 Å². The van der Waals surface area contributed by atoms with Crippen molar-refractivity contribution in [2.75, 3.05) is 20.3 Å². The number of carbonyl (C=O) groups is 1. The Balaban J connectivity index is 1.35. The van der Waals surface area contributed by atoms with Crippen LogP contribution in [0.2, 0.25) is 0 Å². The number of rotatable bonds is 15. The summed E-state index contributed by atoms with van der Waals surface area (Å²) in [5.74, 6) is -0.750. The molecule has 1 heterocycles. The molecular weight excluding hydrogens is 524 g/mol. The number of nitrogens with one attached hydrogen (secondary N) is 1. The lowest BCUT2D eigenvalue weighted by atomic mass is 9.94. The first-order chi connectivity index (χ1) is 19.8. The van der Waals surface area contributed by atoms with E-state index in [4.69, 9.17) is 4.74 Å². The molecule has 0 spiro atoms. The molecule has 0 amide bonds. The molecule has 2 N–H and O–H groups in total. The lowest BCUT2D eigenvalue weighted by molar-refractivity contribution is 0.0977. The molecule has 0 saturated heterocycles. The number of Topliss-reactive ketones (excluding diaryl/α,β-unsaturated/α-hetero) is 1. The molecule has 0 radical (unpaired) electrons. The van der Waals surface area contributed by atoms with E-state index in [1.54, 1.807) is 31.4 Å². The van der Waals surface area contributed by atoms with E-state index in [9.17, 15) is 18.7 Å². The molecule has 0 aliphatic rings. The van der Waals surface area contributed by atoms with Crippen molar-refractivity contribution in [2.45, 2.75) is 45.6 Å². The SMILES string of the molecule is C=C(NCCOC)c1ccc2nn(CC(CCC)CCCC(=O)c3ccc(-c4cc(F)cc(F)c4)cc3)cc2c1O. The summed E-state index contributed by atoms with van der Waals surface area (Å²) in [6, 6.07) is 13.9. The van der Waals surface area contributed by atoms with Gasteiger partial charge in [0, 0.05) is 55.7 Å². The van der Waals surface area contributed by atoms with Gasteiger partial charge in [-0.25, -0.2) is 8.78 Å². The topological polar surface area (TPSA) is 76.4 Å². The summed E-state index contributed by atoms with van der Waals surface area (Å²) in [5, 5.41) is 19.4. The van der Waals surface area contributed by atoms with E-state index in [0.29, 0.717) is 70.9 Å². The van der Waals surface area contributed by atoms with Crippen molar-refractivity contribution in [1.82, 2.24) is 15.1 Å². The highest BCUT2D eigenvalue weighted by Gasteiger charge is 2.16. The number of phenols is 1. The van der Waals surface area contributed by atoms with Crippen LogP contribution in [-0.2, 0) is 11.3 Å². The summed E-state index contributed by atoms with van der Waals surface area (Å²) in [6.45, 7) is 7.99. The Morgan fingerprint density at radius 3 is 2.49 bits per heavy atom. The van der Waals surface area contributed by atoms with Crippen molar-refractivity contribution >= 4 is 22.4 Å². The van der Waals surface area contributed by atoms with Crippen LogP contribution in [0.15, 0.2) is 67.4 Å². The molecule has 216 valence electrons. The van der Waals surface area contributed by atoms with Crippen molar-refractivity contribution in [1.29, 1.82) is 0 Å². The molecule has 0 saturated carbocycles. The van der Waals surface area contributed by atoms with Crippen molar-refractivity contribution in [3.8, 4) is 16.9 Å². The van der Waals surface area contributed by atoms with Crippen LogP contribution < -0.4 is 5.32 Å². The monoisotopic (exact) mass is 561 g/mol. The van der Waals surface area contributed by atoms with Gasteiger partial charge in [0.1, 0.15) is 17.4 Å². The molecule has 6 nitrogen and oxygen atoms in total.